The Balaban J connectivity index is 1.52. The van der Waals surface area contributed by atoms with Crippen molar-refractivity contribution in [1.82, 2.24) is 20.3 Å². The van der Waals surface area contributed by atoms with E-state index in [0.29, 0.717) is 11.8 Å². The summed E-state index contributed by atoms with van der Waals surface area (Å²) in [5, 5.41) is 3.72. The van der Waals surface area contributed by atoms with E-state index in [0.717, 1.165) is 30.7 Å². The smallest absolute Gasteiger partial charge is 0.221 e. The second kappa shape index (κ2) is 7.62. The summed E-state index contributed by atoms with van der Waals surface area (Å²) in [6, 6.07) is 16.0. The lowest BCUT2D eigenvalue weighted by Crippen LogP contribution is -2.32. The fraction of sp³-hybridized carbons (Fsp3) is 0.286. The predicted octanol–water partition coefficient (Wildman–Crippen LogP) is 4.53. The van der Waals surface area contributed by atoms with Crippen LogP contribution in [0, 0.1) is 6.92 Å². The number of piperidine rings is 1. The van der Waals surface area contributed by atoms with Gasteiger partial charge in [-0.3, -0.25) is 4.98 Å². The summed E-state index contributed by atoms with van der Waals surface area (Å²) in [5.41, 5.74) is 3.36. The van der Waals surface area contributed by atoms with Crippen molar-refractivity contribution in [3.8, 4) is 11.8 Å². The van der Waals surface area contributed by atoms with Crippen LogP contribution in [0.15, 0.2) is 60.9 Å². The van der Waals surface area contributed by atoms with E-state index in [4.69, 9.17) is 9.72 Å². The number of nitrogens with one attached hydrogen (secondary N) is 1. The summed E-state index contributed by atoms with van der Waals surface area (Å²) in [4.78, 5) is 13.5. The van der Waals surface area contributed by atoms with Crippen molar-refractivity contribution in [3.05, 3.63) is 77.9 Å². The highest BCUT2D eigenvalue weighted by atomic mass is 16.5. The van der Waals surface area contributed by atoms with Gasteiger partial charge in [-0.25, -0.2) is 9.97 Å². The Hall–Kier alpha value is -2.79. The van der Waals surface area contributed by atoms with Gasteiger partial charge in [-0.05, 0) is 49.9 Å². The van der Waals surface area contributed by atoms with Crippen LogP contribution in [0.25, 0.3) is 0 Å². The van der Waals surface area contributed by atoms with Crippen LogP contribution in [0.5, 0.6) is 11.8 Å². The van der Waals surface area contributed by atoms with E-state index in [-0.39, 0.29) is 12.1 Å². The number of nitrogens with zero attached hydrogens (tertiary/aromatic N) is 3. The Kier molecular flexibility index (Phi) is 4.88. The highest BCUT2D eigenvalue weighted by Crippen LogP contribution is 2.33. The van der Waals surface area contributed by atoms with Crippen molar-refractivity contribution >= 4 is 0 Å². The van der Waals surface area contributed by atoms with Crippen molar-refractivity contribution in [1.29, 1.82) is 0 Å². The molecule has 0 amide bonds. The molecule has 4 rings (SSSR count). The van der Waals surface area contributed by atoms with Crippen LogP contribution >= 0.6 is 0 Å². The number of pyridine rings is 3. The number of hydrogen-bond acceptors (Lipinski definition) is 5. The summed E-state index contributed by atoms with van der Waals surface area (Å²) in [7, 11) is 0. The molecule has 1 fully saturated rings. The molecule has 0 aromatic carbocycles. The zero-order valence-corrected chi connectivity index (χ0v) is 14.8. The maximum Gasteiger partial charge on any atom is 0.221 e. The van der Waals surface area contributed by atoms with Gasteiger partial charge in [-0.15, -0.1) is 0 Å². The SMILES string of the molecule is Cc1cccnc1[C@@H]1CCC[C@H](c2cccc(Oc3ccccn3)n2)N1. The van der Waals surface area contributed by atoms with Crippen molar-refractivity contribution in [2.45, 2.75) is 38.3 Å². The molecule has 0 radical (unpaired) electrons. The number of hydrogen-bond donors (Lipinski definition) is 1. The first kappa shape index (κ1) is 16.7. The molecular formula is C21H22N4O. The molecule has 0 unspecified atom stereocenters. The van der Waals surface area contributed by atoms with Crippen molar-refractivity contribution < 1.29 is 4.74 Å². The lowest BCUT2D eigenvalue weighted by atomic mass is 9.93. The van der Waals surface area contributed by atoms with Gasteiger partial charge in [0.1, 0.15) is 0 Å². The summed E-state index contributed by atoms with van der Waals surface area (Å²) in [6.07, 6.45) is 6.88. The second-order valence-corrected chi connectivity index (χ2v) is 6.58. The maximum absolute atomic E-state index is 5.78. The third kappa shape index (κ3) is 3.73. The molecule has 5 heteroatoms. The molecular weight excluding hydrogens is 324 g/mol. The Bertz CT molecular complexity index is 869. The molecule has 0 aliphatic carbocycles. The van der Waals surface area contributed by atoms with Crippen LogP contribution in [0.1, 0.15) is 48.3 Å². The number of ether oxygens (including phenoxy) is 1. The third-order valence-electron chi connectivity index (χ3n) is 4.72. The van der Waals surface area contributed by atoms with E-state index in [1.54, 1.807) is 6.20 Å². The van der Waals surface area contributed by atoms with Crippen LogP contribution in [-0.2, 0) is 0 Å². The Labute approximate surface area is 153 Å². The fourth-order valence-electron chi connectivity index (χ4n) is 3.44. The summed E-state index contributed by atoms with van der Waals surface area (Å²) < 4.78 is 5.78. The largest absolute Gasteiger partial charge is 0.421 e. The zero-order valence-electron chi connectivity index (χ0n) is 14.8. The molecule has 1 saturated heterocycles. The van der Waals surface area contributed by atoms with Gasteiger partial charge in [0, 0.05) is 24.5 Å². The minimum Gasteiger partial charge on any atom is -0.421 e. The minimum absolute atomic E-state index is 0.197. The third-order valence-corrected chi connectivity index (χ3v) is 4.72. The Morgan fingerprint density at radius 1 is 0.885 bits per heavy atom. The summed E-state index contributed by atoms with van der Waals surface area (Å²) in [5.74, 6) is 1.12. The molecule has 1 N–H and O–H groups in total. The lowest BCUT2D eigenvalue weighted by Gasteiger charge is -2.31. The van der Waals surface area contributed by atoms with Crippen LogP contribution < -0.4 is 10.1 Å². The number of aryl methyl sites for hydroxylation is 1. The monoisotopic (exact) mass is 346 g/mol. The second-order valence-electron chi connectivity index (χ2n) is 6.58. The first-order valence-electron chi connectivity index (χ1n) is 9.03. The van der Waals surface area contributed by atoms with Crippen LogP contribution in [0.2, 0.25) is 0 Å². The van der Waals surface area contributed by atoms with Gasteiger partial charge < -0.3 is 10.1 Å². The molecule has 1 aliphatic heterocycles. The van der Waals surface area contributed by atoms with E-state index in [1.165, 1.54) is 5.56 Å². The number of rotatable bonds is 4. The van der Waals surface area contributed by atoms with Gasteiger partial charge in [0.2, 0.25) is 11.8 Å². The average molecular weight is 346 g/mol. The van der Waals surface area contributed by atoms with Crippen LogP contribution in [0.4, 0.5) is 0 Å². The van der Waals surface area contributed by atoms with E-state index in [2.05, 4.69) is 34.3 Å². The normalized spacial score (nSPS) is 19.9. The molecule has 0 bridgehead atoms. The Morgan fingerprint density at radius 3 is 2.58 bits per heavy atom. The van der Waals surface area contributed by atoms with Gasteiger partial charge in [0.15, 0.2) is 0 Å². The van der Waals surface area contributed by atoms with Crippen molar-refractivity contribution in [2.75, 3.05) is 0 Å². The van der Waals surface area contributed by atoms with E-state index in [9.17, 15) is 0 Å². The molecule has 0 saturated carbocycles. The van der Waals surface area contributed by atoms with Crippen LogP contribution in [-0.4, -0.2) is 15.0 Å². The average Bonchev–Trinajstić information content (AvgIpc) is 2.69. The van der Waals surface area contributed by atoms with E-state index >= 15 is 0 Å². The minimum atomic E-state index is 0.197. The lowest BCUT2D eigenvalue weighted by molar-refractivity contribution is 0.318. The highest BCUT2D eigenvalue weighted by Gasteiger charge is 2.26. The summed E-state index contributed by atoms with van der Waals surface area (Å²) >= 11 is 0. The van der Waals surface area contributed by atoms with Gasteiger partial charge in [0.25, 0.3) is 0 Å². The predicted molar refractivity (Wildman–Crippen MR) is 100.0 cm³/mol. The van der Waals surface area contributed by atoms with Gasteiger partial charge in [-0.2, -0.15) is 0 Å². The number of aromatic nitrogens is 3. The van der Waals surface area contributed by atoms with E-state index in [1.807, 2.05) is 42.6 Å². The molecule has 1 aliphatic rings. The zero-order chi connectivity index (χ0) is 17.8. The summed E-state index contributed by atoms with van der Waals surface area (Å²) in [6.45, 7) is 2.12. The quantitative estimate of drug-likeness (QED) is 0.752. The first-order chi connectivity index (χ1) is 12.8. The van der Waals surface area contributed by atoms with Gasteiger partial charge in [-0.1, -0.05) is 18.2 Å². The van der Waals surface area contributed by atoms with Crippen LogP contribution in [0.3, 0.4) is 0 Å². The molecule has 4 heterocycles. The molecule has 5 nitrogen and oxygen atoms in total. The van der Waals surface area contributed by atoms with Crippen molar-refractivity contribution in [2.24, 2.45) is 0 Å². The molecule has 132 valence electrons. The maximum atomic E-state index is 5.78. The van der Waals surface area contributed by atoms with Gasteiger partial charge >= 0.3 is 0 Å². The molecule has 3 aromatic rings. The van der Waals surface area contributed by atoms with E-state index < -0.39 is 0 Å². The highest BCUT2D eigenvalue weighted by molar-refractivity contribution is 5.25. The molecule has 2 atom stereocenters. The fourth-order valence-corrected chi connectivity index (χ4v) is 3.44. The van der Waals surface area contributed by atoms with Crippen molar-refractivity contribution in [3.63, 3.8) is 0 Å². The Morgan fingerprint density at radius 2 is 1.73 bits per heavy atom. The molecule has 26 heavy (non-hydrogen) atoms. The standard InChI is InChI=1S/C21H22N4O/c1-15-7-6-14-23-21(15)18-10-4-8-16(24-18)17-9-5-12-20(25-17)26-19-11-2-3-13-22-19/h2-3,5-7,9,11-14,16,18,24H,4,8,10H2,1H3/t16-,18+/m1/s1. The first-order valence-corrected chi connectivity index (χ1v) is 9.03. The van der Waals surface area contributed by atoms with Gasteiger partial charge in [0.05, 0.1) is 23.5 Å². The topological polar surface area (TPSA) is 59.9 Å². The molecule has 0 spiro atoms. The molecule has 3 aromatic heterocycles.